The van der Waals surface area contributed by atoms with Crippen LogP contribution in [-0.4, -0.2) is 20.9 Å². The molecule has 0 atom stereocenters. The van der Waals surface area contributed by atoms with Crippen molar-refractivity contribution in [2.24, 2.45) is 5.14 Å². The first kappa shape index (κ1) is 21.2. The lowest BCUT2D eigenvalue weighted by molar-refractivity contribution is -0.118. The summed E-state index contributed by atoms with van der Waals surface area (Å²) < 4.78 is 28.9. The van der Waals surface area contributed by atoms with Gasteiger partial charge in [0.2, 0.25) is 10.0 Å². The lowest BCUT2D eigenvalue weighted by atomic mass is 10.0. The SMILES string of the molecule is Cc1cc(OCC(=O)Nc2ccc(C)c(S(N)(=O)=O)c2)c(C(C)C)cc1Cl. The van der Waals surface area contributed by atoms with Crippen LogP contribution in [0.5, 0.6) is 5.75 Å². The van der Waals surface area contributed by atoms with Crippen molar-refractivity contribution in [3.8, 4) is 5.75 Å². The number of nitrogens with one attached hydrogen (secondary N) is 1. The van der Waals surface area contributed by atoms with Crippen LogP contribution < -0.4 is 15.2 Å². The van der Waals surface area contributed by atoms with Crippen LogP contribution in [0.2, 0.25) is 5.02 Å². The minimum atomic E-state index is -3.87. The first-order valence-corrected chi connectivity index (χ1v) is 10.3. The number of primary sulfonamides is 1. The molecule has 0 aliphatic heterocycles. The van der Waals surface area contributed by atoms with Crippen molar-refractivity contribution in [3.63, 3.8) is 0 Å². The first-order chi connectivity index (χ1) is 12.5. The van der Waals surface area contributed by atoms with Crippen molar-refractivity contribution >= 4 is 33.2 Å². The highest BCUT2D eigenvalue weighted by atomic mass is 35.5. The average Bonchev–Trinajstić information content (AvgIpc) is 2.56. The van der Waals surface area contributed by atoms with Crippen LogP contribution in [0.1, 0.15) is 36.5 Å². The predicted molar refractivity (Wildman–Crippen MR) is 107 cm³/mol. The Hall–Kier alpha value is -2.09. The molecule has 2 rings (SSSR count). The van der Waals surface area contributed by atoms with Crippen LogP contribution in [0, 0.1) is 13.8 Å². The normalized spacial score (nSPS) is 11.5. The number of hydrogen-bond donors (Lipinski definition) is 2. The van der Waals surface area contributed by atoms with E-state index in [0.717, 1.165) is 11.1 Å². The van der Waals surface area contributed by atoms with Gasteiger partial charge >= 0.3 is 0 Å². The third kappa shape index (κ3) is 5.45. The number of benzene rings is 2. The highest BCUT2D eigenvalue weighted by molar-refractivity contribution is 7.89. The van der Waals surface area contributed by atoms with E-state index in [9.17, 15) is 13.2 Å². The molecule has 0 aliphatic carbocycles. The zero-order valence-electron chi connectivity index (χ0n) is 15.7. The number of aryl methyl sites for hydroxylation is 2. The van der Waals surface area contributed by atoms with Crippen molar-refractivity contribution in [1.29, 1.82) is 0 Å². The maximum absolute atomic E-state index is 12.2. The van der Waals surface area contributed by atoms with E-state index >= 15 is 0 Å². The summed E-state index contributed by atoms with van der Waals surface area (Å²) in [5, 5.41) is 8.45. The fourth-order valence-electron chi connectivity index (χ4n) is 2.57. The van der Waals surface area contributed by atoms with Crippen molar-refractivity contribution in [2.45, 2.75) is 38.5 Å². The van der Waals surface area contributed by atoms with Gasteiger partial charge in [0.15, 0.2) is 6.61 Å². The number of amides is 1. The third-order valence-corrected chi connectivity index (χ3v) is 5.51. The molecule has 146 valence electrons. The summed E-state index contributed by atoms with van der Waals surface area (Å²) in [5.74, 6) is 0.355. The highest BCUT2D eigenvalue weighted by Crippen LogP contribution is 2.32. The Balaban J connectivity index is 2.13. The summed E-state index contributed by atoms with van der Waals surface area (Å²) in [6.45, 7) is 7.29. The summed E-state index contributed by atoms with van der Waals surface area (Å²) in [6, 6.07) is 8.15. The molecule has 0 spiro atoms. The number of anilines is 1. The van der Waals surface area contributed by atoms with Crippen molar-refractivity contribution < 1.29 is 17.9 Å². The lowest BCUT2D eigenvalue weighted by Crippen LogP contribution is -2.21. The van der Waals surface area contributed by atoms with E-state index < -0.39 is 15.9 Å². The average molecular weight is 411 g/mol. The Morgan fingerprint density at radius 2 is 1.85 bits per heavy atom. The van der Waals surface area contributed by atoms with E-state index in [0.29, 0.717) is 22.0 Å². The van der Waals surface area contributed by atoms with Crippen LogP contribution in [0.15, 0.2) is 35.2 Å². The second-order valence-corrected chi connectivity index (χ2v) is 8.59. The van der Waals surface area contributed by atoms with Gasteiger partial charge in [-0.15, -0.1) is 0 Å². The van der Waals surface area contributed by atoms with Crippen LogP contribution in [0.4, 0.5) is 5.69 Å². The van der Waals surface area contributed by atoms with Crippen molar-refractivity contribution in [3.05, 3.63) is 52.0 Å². The van der Waals surface area contributed by atoms with E-state index in [2.05, 4.69) is 5.32 Å². The maximum Gasteiger partial charge on any atom is 0.262 e. The summed E-state index contributed by atoms with van der Waals surface area (Å²) in [6.07, 6.45) is 0. The quantitative estimate of drug-likeness (QED) is 0.757. The predicted octanol–water partition coefficient (Wildman–Crippen LogP) is 3.75. The smallest absolute Gasteiger partial charge is 0.262 e. The van der Waals surface area contributed by atoms with Crippen LogP contribution in [0.25, 0.3) is 0 Å². The van der Waals surface area contributed by atoms with Gasteiger partial charge in [0, 0.05) is 10.7 Å². The molecule has 2 aromatic rings. The monoisotopic (exact) mass is 410 g/mol. The first-order valence-electron chi connectivity index (χ1n) is 8.35. The Morgan fingerprint density at radius 3 is 2.44 bits per heavy atom. The Bertz CT molecular complexity index is 972. The molecule has 6 nitrogen and oxygen atoms in total. The topological polar surface area (TPSA) is 98.5 Å². The summed E-state index contributed by atoms with van der Waals surface area (Å²) in [4.78, 5) is 12.2. The standard InChI is InChI=1S/C19H23ClN2O4S/c1-11(2)15-9-16(20)13(4)7-17(15)26-10-19(23)22-14-6-5-12(3)18(8-14)27(21,24)25/h5-9,11H,10H2,1-4H3,(H,22,23)(H2,21,24,25). The number of hydrogen-bond acceptors (Lipinski definition) is 4. The molecule has 27 heavy (non-hydrogen) atoms. The van der Waals surface area contributed by atoms with Gasteiger partial charge in [-0.05, 0) is 60.7 Å². The van der Waals surface area contributed by atoms with Crippen molar-refractivity contribution in [1.82, 2.24) is 0 Å². The zero-order valence-corrected chi connectivity index (χ0v) is 17.2. The Morgan fingerprint density at radius 1 is 1.19 bits per heavy atom. The van der Waals surface area contributed by atoms with Gasteiger partial charge in [-0.3, -0.25) is 4.79 Å². The number of carbonyl (C=O) groups excluding carboxylic acids is 1. The van der Waals surface area contributed by atoms with Gasteiger partial charge in [0.05, 0.1) is 4.90 Å². The molecule has 0 saturated heterocycles. The molecule has 2 aromatic carbocycles. The summed E-state index contributed by atoms with van der Waals surface area (Å²) in [5.41, 5.74) is 2.60. The van der Waals surface area contributed by atoms with Gasteiger partial charge in [-0.2, -0.15) is 0 Å². The van der Waals surface area contributed by atoms with Crippen LogP contribution >= 0.6 is 11.6 Å². The number of nitrogens with two attached hydrogens (primary N) is 1. The molecular formula is C19H23ClN2O4S. The third-order valence-electron chi connectivity index (χ3n) is 4.05. The fraction of sp³-hybridized carbons (Fsp3) is 0.316. The zero-order chi connectivity index (χ0) is 20.4. The van der Waals surface area contributed by atoms with E-state index in [1.54, 1.807) is 25.1 Å². The van der Waals surface area contributed by atoms with Gasteiger partial charge in [-0.1, -0.05) is 31.5 Å². The molecule has 0 aromatic heterocycles. The largest absolute Gasteiger partial charge is 0.483 e. The highest BCUT2D eigenvalue weighted by Gasteiger charge is 2.15. The molecule has 0 bridgehead atoms. The molecule has 0 radical (unpaired) electrons. The number of carbonyl (C=O) groups is 1. The second-order valence-electron chi connectivity index (χ2n) is 6.66. The Kier molecular flexibility index (Phi) is 6.51. The summed E-state index contributed by atoms with van der Waals surface area (Å²) in [7, 11) is -3.87. The van der Waals surface area contributed by atoms with Gasteiger partial charge in [0.1, 0.15) is 5.75 Å². The molecule has 8 heteroatoms. The van der Waals surface area contributed by atoms with Crippen LogP contribution in [-0.2, 0) is 14.8 Å². The lowest BCUT2D eigenvalue weighted by Gasteiger charge is -2.16. The summed E-state index contributed by atoms with van der Waals surface area (Å²) >= 11 is 6.17. The van der Waals surface area contributed by atoms with E-state index in [1.807, 2.05) is 26.8 Å². The molecule has 0 aliphatic rings. The number of rotatable bonds is 6. The molecule has 0 fully saturated rings. The van der Waals surface area contributed by atoms with Gasteiger partial charge in [-0.25, -0.2) is 13.6 Å². The molecule has 0 heterocycles. The van der Waals surface area contributed by atoms with Gasteiger partial charge in [0.25, 0.3) is 5.91 Å². The molecular weight excluding hydrogens is 388 g/mol. The molecule has 3 N–H and O–H groups in total. The molecule has 0 saturated carbocycles. The minimum Gasteiger partial charge on any atom is -0.483 e. The minimum absolute atomic E-state index is 0.0309. The fourth-order valence-corrected chi connectivity index (χ4v) is 3.55. The van der Waals surface area contributed by atoms with Crippen molar-refractivity contribution in [2.75, 3.05) is 11.9 Å². The molecule has 0 unspecified atom stereocenters. The Labute approximate surface area is 164 Å². The van der Waals surface area contributed by atoms with E-state index in [-0.39, 0.29) is 17.4 Å². The van der Waals surface area contributed by atoms with E-state index in [1.165, 1.54) is 6.07 Å². The second kappa shape index (κ2) is 8.29. The number of ether oxygens (including phenoxy) is 1. The number of sulfonamides is 1. The van der Waals surface area contributed by atoms with Crippen LogP contribution in [0.3, 0.4) is 0 Å². The maximum atomic E-state index is 12.2. The van der Waals surface area contributed by atoms with E-state index in [4.69, 9.17) is 21.5 Å². The molecule has 1 amide bonds. The van der Waals surface area contributed by atoms with Gasteiger partial charge < -0.3 is 10.1 Å². The number of halogens is 1.